The molecule has 0 aliphatic carbocycles. The predicted molar refractivity (Wildman–Crippen MR) is 201 cm³/mol. The van der Waals surface area contributed by atoms with Crippen LogP contribution in [0.4, 0.5) is 13.2 Å². The van der Waals surface area contributed by atoms with E-state index in [-0.39, 0.29) is 30.0 Å². The Morgan fingerprint density at radius 2 is 1.52 bits per heavy atom. The van der Waals surface area contributed by atoms with Gasteiger partial charge in [-0.3, -0.25) is 24.0 Å². The van der Waals surface area contributed by atoms with Crippen molar-refractivity contribution in [1.29, 1.82) is 0 Å². The van der Waals surface area contributed by atoms with Crippen LogP contribution >= 0.6 is 11.8 Å². The smallest absolute Gasteiger partial charge is 0.254 e. The molecule has 2 aromatic carbocycles. The van der Waals surface area contributed by atoms with Crippen LogP contribution in [0, 0.1) is 28.3 Å². The molecule has 1 aliphatic rings. The van der Waals surface area contributed by atoms with Gasteiger partial charge >= 0.3 is 0 Å². The van der Waals surface area contributed by atoms with Crippen LogP contribution in [0.1, 0.15) is 92.3 Å². The van der Waals surface area contributed by atoms with Crippen LogP contribution in [0.15, 0.2) is 42.5 Å². The standard InChI is InChI=1S/C39H54F3N5O6S/c1-10-14-27(48)45-29(23-18-24(40)28(42)25(41)19-23)33(50)46-31(38(5,6)7)34(51)44-26(17-22-15-12-11-13-16-22)30(49)36(53)47-21-54-39(8,9)32(47)35(52)43-20-37(2,3)4/h11-13,15-16,18-19,26,29-32,49H,10,14,17,20-21H2,1-9H3,(H,43,52)(H,44,51)(H,45,48)(H,46,50)/t26-,29?,30-,31+,32-/m0/s1. The van der Waals surface area contributed by atoms with E-state index in [1.54, 1.807) is 58.0 Å². The lowest BCUT2D eigenvalue weighted by Gasteiger charge is -2.36. The number of thioether (sulfide) groups is 1. The predicted octanol–water partition coefficient (Wildman–Crippen LogP) is 4.52. The van der Waals surface area contributed by atoms with Gasteiger partial charge in [-0.25, -0.2) is 13.2 Å². The first-order valence-corrected chi connectivity index (χ1v) is 18.9. The monoisotopic (exact) mass is 777 g/mol. The molecule has 0 saturated carbocycles. The number of halogens is 3. The number of amides is 5. The number of nitrogens with zero attached hydrogens (tertiary/aromatic N) is 1. The topological polar surface area (TPSA) is 157 Å². The van der Waals surface area contributed by atoms with Crippen LogP contribution < -0.4 is 21.3 Å². The molecule has 0 spiro atoms. The van der Waals surface area contributed by atoms with Crippen molar-refractivity contribution >= 4 is 41.3 Å². The zero-order valence-electron chi connectivity index (χ0n) is 32.4. The molecule has 0 radical (unpaired) electrons. The summed E-state index contributed by atoms with van der Waals surface area (Å²) in [6.07, 6.45) is -1.49. The quantitative estimate of drug-likeness (QED) is 0.177. The van der Waals surface area contributed by atoms with Gasteiger partial charge in [0.1, 0.15) is 18.1 Å². The van der Waals surface area contributed by atoms with Crippen LogP contribution in [0.3, 0.4) is 0 Å². The summed E-state index contributed by atoms with van der Waals surface area (Å²) in [5.41, 5.74) is -0.983. The van der Waals surface area contributed by atoms with E-state index in [2.05, 4.69) is 21.3 Å². The van der Waals surface area contributed by atoms with Gasteiger partial charge in [0.15, 0.2) is 23.6 Å². The number of carbonyl (C=O) groups is 5. The number of hydrogen-bond donors (Lipinski definition) is 5. The Hall–Kier alpha value is -4.11. The molecule has 1 unspecified atom stereocenters. The molecule has 1 fully saturated rings. The molecule has 11 nitrogen and oxygen atoms in total. The minimum atomic E-state index is -1.83. The molecule has 2 aromatic rings. The van der Waals surface area contributed by atoms with Crippen molar-refractivity contribution < 1.29 is 42.3 Å². The van der Waals surface area contributed by atoms with Crippen molar-refractivity contribution in [3.8, 4) is 0 Å². The number of nitrogens with one attached hydrogen (secondary N) is 4. The van der Waals surface area contributed by atoms with Gasteiger partial charge in [-0.2, -0.15) is 0 Å². The van der Waals surface area contributed by atoms with Crippen LogP contribution in [0.2, 0.25) is 0 Å². The largest absolute Gasteiger partial charge is 0.381 e. The molecule has 5 amide bonds. The Bertz CT molecular complexity index is 1660. The first-order chi connectivity index (χ1) is 25.0. The second-order valence-electron chi connectivity index (χ2n) is 16.5. The Labute approximate surface area is 320 Å². The summed E-state index contributed by atoms with van der Waals surface area (Å²) < 4.78 is 41.7. The zero-order chi connectivity index (χ0) is 40.8. The molecular formula is C39H54F3N5O6S. The number of aliphatic hydroxyl groups excluding tert-OH is 1. The Morgan fingerprint density at radius 1 is 0.926 bits per heavy atom. The minimum absolute atomic E-state index is 0.0145. The molecular weight excluding hydrogens is 724 g/mol. The van der Waals surface area contributed by atoms with Gasteiger partial charge in [0.2, 0.25) is 23.6 Å². The van der Waals surface area contributed by atoms with Crippen molar-refractivity contribution in [2.45, 2.75) is 117 Å². The normalized spacial score (nSPS) is 17.9. The summed E-state index contributed by atoms with van der Waals surface area (Å²) in [7, 11) is 0. The molecule has 3 rings (SSSR count). The van der Waals surface area contributed by atoms with E-state index in [4.69, 9.17) is 0 Å². The first kappa shape index (κ1) is 44.3. The van der Waals surface area contributed by atoms with Gasteiger partial charge in [-0.1, -0.05) is 78.8 Å². The van der Waals surface area contributed by atoms with Gasteiger partial charge in [0.05, 0.1) is 11.9 Å². The third-order valence-corrected chi connectivity index (χ3v) is 10.3. The van der Waals surface area contributed by atoms with E-state index in [0.717, 1.165) is 0 Å². The van der Waals surface area contributed by atoms with Crippen LogP contribution in [0.5, 0.6) is 0 Å². The molecule has 0 bridgehead atoms. The fraction of sp³-hybridized carbons (Fsp3) is 0.564. The van der Waals surface area contributed by atoms with Crippen molar-refractivity contribution in [3.05, 3.63) is 71.0 Å². The molecule has 1 heterocycles. The third-order valence-electron chi connectivity index (χ3n) is 8.93. The average Bonchev–Trinajstić information content (AvgIpc) is 3.40. The minimum Gasteiger partial charge on any atom is -0.381 e. The highest BCUT2D eigenvalue weighted by atomic mass is 32.2. The first-order valence-electron chi connectivity index (χ1n) is 18.0. The van der Waals surface area contributed by atoms with E-state index in [1.807, 2.05) is 34.6 Å². The number of aliphatic hydroxyl groups is 1. The van der Waals surface area contributed by atoms with Gasteiger partial charge in [0, 0.05) is 17.7 Å². The molecule has 298 valence electrons. The molecule has 1 aliphatic heterocycles. The van der Waals surface area contributed by atoms with E-state index in [0.29, 0.717) is 30.7 Å². The summed E-state index contributed by atoms with van der Waals surface area (Å²) in [4.78, 5) is 69.6. The highest BCUT2D eigenvalue weighted by molar-refractivity contribution is 8.00. The van der Waals surface area contributed by atoms with Crippen molar-refractivity contribution in [2.75, 3.05) is 12.4 Å². The lowest BCUT2D eigenvalue weighted by molar-refractivity contribution is -0.148. The van der Waals surface area contributed by atoms with Crippen LogP contribution in [-0.2, 0) is 30.4 Å². The molecule has 1 saturated heterocycles. The summed E-state index contributed by atoms with van der Waals surface area (Å²) >= 11 is 1.38. The Morgan fingerprint density at radius 3 is 2.06 bits per heavy atom. The van der Waals surface area contributed by atoms with Crippen molar-refractivity contribution in [1.82, 2.24) is 26.2 Å². The van der Waals surface area contributed by atoms with Gasteiger partial charge in [-0.15, -0.1) is 11.8 Å². The fourth-order valence-electron chi connectivity index (χ4n) is 5.98. The average molecular weight is 778 g/mol. The van der Waals surface area contributed by atoms with E-state index in [9.17, 15) is 42.3 Å². The Kier molecular flexibility index (Phi) is 14.8. The highest BCUT2D eigenvalue weighted by Gasteiger charge is 2.50. The number of rotatable bonds is 14. The van der Waals surface area contributed by atoms with Crippen molar-refractivity contribution in [2.24, 2.45) is 10.8 Å². The molecule has 0 aromatic heterocycles. The molecule has 5 atom stereocenters. The van der Waals surface area contributed by atoms with Gasteiger partial charge in [0.25, 0.3) is 5.91 Å². The van der Waals surface area contributed by atoms with Crippen LogP contribution in [-0.4, -0.2) is 80.9 Å². The summed E-state index contributed by atoms with van der Waals surface area (Å²) in [6.45, 7) is 16.5. The van der Waals surface area contributed by atoms with E-state index in [1.165, 1.54) is 16.7 Å². The second-order valence-corrected chi connectivity index (χ2v) is 18.1. The lowest BCUT2D eigenvalue weighted by atomic mass is 9.85. The SMILES string of the molecule is CCCC(=O)NC(C(=O)N[C@H](C(=O)N[C@@H](Cc1ccccc1)[C@H](O)C(=O)N1CSC(C)(C)[C@@H]1C(=O)NCC(C)(C)C)C(C)(C)C)c1cc(F)c(F)c(F)c1. The Balaban J connectivity index is 1.96. The van der Waals surface area contributed by atoms with E-state index >= 15 is 0 Å². The fourth-order valence-corrected chi connectivity index (χ4v) is 7.12. The zero-order valence-corrected chi connectivity index (χ0v) is 33.3. The molecule has 54 heavy (non-hydrogen) atoms. The number of carbonyl (C=O) groups excluding carboxylic acids is 5. The van der Waals surface area contributed by atoms with Crippen LogP contribution in [0.25, 0.3) is 0 Å². The maximum Gasteiger partial charge on any atom is 0.254 e. The maximum atomic E-state index is 14.3. The number of benzene rings is 2. The van der Waals surface area contributed by atoms with Gasteiger partial charge < -0.3 is 31.3 Å². The summed E-state index contributed by atoms with van der Waals surface area (Å²) in [6, 6.07) is 4.70. The molecule has 15 heteroatoms. The maximum absolute atomic E-state index is 14.3. The van der Waals surface area contributed by atoms with E-state index < -0.39 is 87.1 Å². The highest BCUT2D eigenvalue weighted by Crippen LogP contribution is 2.40. The third kappa shape index (κ3) is 11.7. The lowest BCUT2D eigenvalue weighted by Crippen LogP contribution is -2.62. The second kappa shape index (κ2) is 18.0. The van der Waals surface area contributed by atoms with Crippen molar-refractivity contribution in [3.63, 3.8) is 0 Å². The molecule has 5 N–H and O–H groups in total. The van der Waals surface area contributed by atoms with Gasteiger partial charge in [-0.05, 0) is 60.8 Å². The summed E-state index contributed by atoms with van der Waals surface area (Å²) in [5.74, 6) is -8.40. The number of hydrogen-bond acceptors (Lipinski definition) is 7. The summed E-state index contributed by atoms with van der Waals surface area (Å²) in [5, 5.41) is 22.4.